The zero-order valence-electron chi connectivity index (χ0n) is 19.8. The number of halogens is 2. The summed E-state index contributed by atoms with van der Waals surface area (Å²) in [7, 11) is 1.41. The summed E-state index contributed by atoms with van der Waals surface area (Å²) in [5, 5.41) is 14.1. The van der Waals surface area contributed by atoms with Crippen molar-refractivity contribution in [3.63, 3.8) is 0 Å². The van der Waals surface area contributed by atoms with Crippen molar-refractivity contribution in [3.05, 3.63) is 75.9 Å². The third kappa shape index (κ3) is 4.39. The van der Waals surface area contributed by atoms with Crippen LogP contribution in [0.2, 0.25) is 5.02 Å². The highest BCUT2D eigenvalue weighted by Crippen LogP contribution is 2.42. The topological polar surface area (TPSA) is 125 Å². The van der Waals surface area contributed by atoms with E-state index in [1.54, 1.807) is 4.90 Å². The van der Waals surface area contributed by atoms with Gasteiger partial charge in [-0.25, -0.2) is 9.18 Å². The first-order valence-corrected chi connectivity index (χ1v) is 11.5. The fourth-order valence-corrected chi connectivity index (χ4v) is 4.50. The van der Waals surface area contributed by atoms with E-state index in [0.717, 1.165) is 29.5 Å². The SMILES string of the molecule is CNC(=O)c1cc(Cl)c(F)cc1NC(=O)C1(c2ccccc2C(C)C)CN(c2nc(C(=O)O)co2)C1. The van der Waals surface area contributed by atoms with Crippen LogP contribution in [0.5, 0.6) is 0 Å². The Morgan fingerprint density at radius 3 is 2.53 bits per heavy atom. The highest BCUT2D eigenvalue weighted by atomic mass is 35.5. The lowest BCUT2D eigenvalue weighted by Crippen LogP contribution is -2.65. The van der Waals surface area contributed by atoms with E-state index in [1.807, 2.05) is 38.1 Å². The van der Waals surface area contributed by atoms with E-state index in [9.17, 15) is 18.8 Å². The van der Waals surface area contributed by atoms with Gasteiger partial charge < -0.3 is 25.1 Å². The molecule has 1 saturated heterocycles. The molecule has 188 valence electrons. The molecule has 1 fully saturated rings. The number of aromatic nitrogens is 1. The maximum absolute atomic E-state index is 14.3. The predicted molar refractivity (Wildman–Crippen MR) is 131 cm³/mol. The molecule has 11 heteroatoms. The molecule has 1 aliphatic rings. The number of carboxylic acids is 1. The number of amides is 2. The van der Waals surface area contributed by atoms with Crippen LogP contribution in [0.25, 0.3) is 0 Å². The predicted octanol–water partition coefficient (Wildman–Crippen LogP) is 4.05. The van der Waals surface area contributed by atoms with Gasteiger partial charge in [-0.3, -0.25) is 9.59 Å². The smallest absolute Gasteiger partial charge is 0.357 e. The molecule has 3 aromatic rings. The number of benzene rings is 2. The lowest BCUT2D eigenvalue weighted by molar-refractivity contribution is -0.122. The van der Waals surface area contributed by atoms with E-state index < -0.39 is 29.0 Å². The molecule has 0 radical (unpaired) electrons. The van der Waals surface area contributed by atoms with Crippen LogP contribution in [0.4, 0.5) is 16.1 Å². The number of carboxylic acid groups (broad SMARTS) is 1. The van der Waals surface area contributed by atoms with Gasteiger partial charge in [-0.1, -0.05) is 49.7 Å². The first-order chi connectivity index (χ1) is 17.1. The Hall–Kier alpha value is -3.92. The minimum absolute atomic E-state index is 0.0134. The van der Waals surface area contributed by atoms with Gasteiger partial charge in [-0.2, -0.15) is 4.98 Å². The van der Waals surface area contributed by atoms with Crippen LogP contribution in [-0.4, -0.2) is 48.0 Å². The molecule has 3 N–H and O–H groups in total. The average molecular weight is 515 g/mol. The number of oxazole rings is 1. The summed E-state index contributed by atoms with van der Waals surface area (Å²) in [6, 6.07) is 9.73. The quantitative estimate of drug-likeness (QED) is 0.434. The molecular weight excluding hydrogens is 491 g/mol. The Morgan fingerprint density at radius 1 is 1.22 bits per heavy atom. The summed E-state index contributed by atoms with van der Waals surface area (Å²) in [5.74, 6) is -2.93. The maximum Gasteiger partial charge on any atom is 0.357 e. The third-order valence-corrected chi connectivity index (χ3v) is 6.51. The van der Waals surface area contributed by atoms with Gasteiger partial charge in [0, 0.05) is 20.1 Å². The summed E-state index contributed by atoms with van der Waals surface area (Å²) in [5.41, 5.74) is 0.329. The molecule has 2 heterocycles. The number of nitrogens with zero attached hydrogens (tertiary/aromatic N) is 2. The highest BCUT2D eigenvalue weighted by molar-refractivity contribution is 6.31. The second-order valence-corrected chi connectivity index (χ2v) is 9.25. The lowest BCUT2D eigenvalue weighted by atomic mass is 9.70. The molecule has 1 aromatic heterocycles. The number of nitrogens with one attached hydrogen (secondary N) is 2. The molecule has 2 amide bonds. The van der Waals surface area contributed by atoms with E-state index in [1.165, 1.54) is 7.05 Å². The van der Waals surface area contributed by atoms with Gasteiger partial charge in [0.2, 0.25) is 5.91 Å². The second-order valence-electron chi connectivity index (χ2n) is 8.85. The Labute approximate surface area is 211 Å². The summed E-state index contributed by atoms with van der Waals surface area (Å²) in [4.78, 5) is 43.1. The number of hydrogen-bond acceptors (Lipinski definition) is 6. The standard InChI is InChI=1S/C25H24ClFN4O5/c1-13(2)14-6-4-5-7-16(14)25(11-31(12-25)24-30-20(10-36-24)22(33)34)23(35)29-19-9-18(27)17(26)8-15(19)21(32)28-3/h4-10,13H,11-12H2,1-3H3,(H,28,32)(H,29,35)(H,33,34). The highest BCUT2D eigenvalue weighted by Gasteiger charge is 2.53. The summed E-state index contributed by atoms with van der Waals surface area (Å²) in [6.07, 6.45) is 1.03. The van der Waals surface area contributed by atoms with Crippen molar-refractivity contribution in [1.29, 1.82) is 0 Å². The molecule has 0 saturated carbocycles. The molecule has 9 nitrogen and oxygen atoms in total. The van der Waals surface area contributed by atoms with Crippen LogP contribution in [-0.2, 0) is 10.2 Å². The van der Waals surface area contributed by atoms with Crippen molar-refractivity contribution in [3.8, 4) is 0 Å². The molecular formula is C25H24ClFN4O5. The van der Waals surface area contributed by atoms with E-state index in [2.05, 4.69) is 15.6 Å². The van der Waals surface area contributed by atoms with Gasteiger partial charge in [0.1, 0.15) is 17.5 Å². The summed E-state index contributed by atoms with van der Waals surface area (Å²) < 4.78 is 19.6. The van der Waals surface area contributed by atoms with E-state index in [4.69, 9.17) is 21.1 Å². The van der Waals surface area contributed by atoms with E-state index >= 15 is 0 Å². The van der Waals surface area contributed by atoms with E-state index in [-0.39, 0.29) is 47.0 Å². The van der Waals surface area contributed by atoms with Crippen LogP contribution >= 0.6 is 11.6 Å². The van der Waals surface area contributed by atoms with Crippen LogP contribution in [0.1, 0.15) is 51.7 Å². The van der Waals surface area contributed by atoms with E-state index in [0.29, 0.717) is 0 Å². The van der Waals surface area contributed by atoms with Gasteiger partial charge in [0.15, 0.2) is 5.69 Å². The molecule has 2 aromatic carbocycles. The number of carbonyl (C=O) groups is 3. The second kappa shape index (κ2) is 9.62. The molecule has 0 aliphatic carbocycles. The number of anilines is 2. The van der Waals surface area contributed by atoms with Crippen LogP contribution < -0.4 is 15.5 Å². The molecule has 0 unspecified atom stereocenters. The normalized spacial score (nSPS) is 14.3. The molecule has 4 rings (SSSR count). The zero-order chi connectivity index (χ0) is 26.2. The summed E-state index contributed by atoms with van der Waals surface area (Å²) >= 11 is 5.88. The molecule has 1 aliphatic heterocycles. The lowest BCUT2D eigenvalue weighted by Gasteiger charge is -2.49. The van der Waals surface area contributed by atoms with Gasteiger partial charge in [0.25, 0.3) is 11.9 Å². The molecule has 0 atom stereocenters. The van der Waals surface area contributed by atoms with Gasteiger partial charge >= 0.3 is 5.97 Å². The minimum atomic E-state index is -1.23. The van der Waals surface area contributed by atoms with Crippen LogP contribution in [0, 0.1) is 5.82 Å². The Morgan fingerprint density at radius 2 is 1.92 bits per heavy atom. The van der Waals surface area contributed by atoms with Crippen molar-refractivity contribution in [2.24, 2.45) is 0 Å². The monoisotopic (exact) mass is 514 g/mol. The van der Waals surface area contributed by atoms with Gasteiger partial charge in [-0.15, -0.1) is 0 Å². The molecule has 0 bridgehead atoms. The van der Waals surface area contributed by atoms with Crippen molar-refractivity contribution < 1.29 is 28.3 Å². The average Bonchev–Trinajstić information content (AvgIpc) is 3.30. The Kier molecular flexibility index (Phi) is 6.73. The molecule has 36 heavy (non-hydrogen) atoms. The van der Waals surface area contributed by atoms with Gasteiger partial charge in [-0.05, 0) is 29.2 Å². The third-order valence-electron chi connectivity index (χ3n) is 6.22. The largest absolute Gasteiger partial charge is 0.476 e. The summed E-state index contributed by atoms with van der Waals surface area (Å²) in [6.45, 7) is 4.25. The first kappa shape index (κ1) is 25.2. The number of hydrogen-bond donors (Lipinski definition) is 3. The number of rotatable bonds is 7. The fourth-order valence-electron chi connectivity index (χ4n) is 4.34. The van der Waals surface area contributed by atoms with Crippen molar-refractivity contribution in [2.45, 2.75) is 25.2 Å². The Balaban J connectivity index is 1.74. The van der Waals surface area contributed by atoms with Gasteiger partial charge in [0.05, 0.1) is 16.3 Å². The minimum Gasteiger partial charge on any atom is -0.476 e. The fraction of sp³-hybridized carbons (Fsp3) is 0.280. The Bertz CT molecular complexity index is 1350. The molecule has 0 spiro atoms. The number of carbonyl (C=O) groups excluding carboxylic acids is 2. The van der Waals surface area contributed by atoms with Crippen LogP contribution in [0.3, 0.4) is 0 Å². The van der Waals surface area contributed by atoms with Crippen molar-refractivity contribution in [2.75, 3.05) is 30.4 Å². The first-order valence-electron chi connectivity index (χ1n) is 11.1. The van der Waals surface area contributed by atoms with Crippen molar-refractivity contribution in [1.82, 2.24) is 10.3 Å². The zero-order valence-corrected chi connectivity index (χ0v) is 20.5. The van der Waals surface area contributed by atoms with Crippen molar-refractivity contribution >= 4 is 41.1 Å². The van der Waals surface area contributed by atoms with Crippen LogP contribution in [0.15, 0.2) is 47.1 Å². The maximum atomic E-state index is 14.3. The number of aromatic carboxylic acids is 1.